The summed E-state index contributed by atoms with van der Waals surface area (Å²) in [5, 5.41) is 0. The van der Waals surface area contributed by atoms with Crippen molar-refractivity contribution in [3.8, 4) is 0 Å². The Morgan fingerprint density at radius 2 is 1.50 bits per heavy atom. The van der Waals surface area contributed by atoms with Crippen LogP contribution in [0, 0.1) is 0 Å². The highest BCUT2D eigenvalue weighted by Crippen LogP contribution is 1.90. The Morgan fingerprint density at radius 1 is 1.08 bits per heavy atom. The lowest BCUT2D eigenvalue weighted by molar-refractivity contribution is 0.523. The molecule has 0 saturated heterocycles. The molecule has 1 aromatic heterocycles. The van der Waals surface area contributed by atoms with Gasteiger partial charge in [-0.15, -0.1) is 0 Å². The maximum atomic E-state index is 11.0. The van der Waals surface area contributed by atoms with Gasteiger partial charge < -0.3 is 0 Å². The molecule has 1 rings (SSSR count). The maximum Gasteiger partial charge on any atom is 0.333 e. The van der Waals surface area contributed by atoms with Crippen molar-refractivity contribution in [2.75, 3.05) is 0 Å². The SMILES string of the molecule is CC(C)n1c(=O)[nH]c(=O)[nH]c1=O. The molecule has 0 fully saturated rings. The first-order chi connectivity index (χ1) is 5.52. The van der Waals surface area contributed by atoms with E-state index < -0.39 is 17.1 Å². The largest absolute Gasteiger partial charge is 0.333 e. The van der Waals surface area contributed by atoms with Crippen LogP contribution < -0.4 is 17.1 Å². The van der Waals surface area contributed by atoms with Crippen LogP contribution in [-0.4, -0.2) is 14.5 Å². The van der Waals surface area contributed by atoms with Gasteiger partial charge in [0, 0.05) is 6.04 Å². The van der Waals surface area contributed by atoms with Crippen LogP contribution in [0.3, 0.4) is 0 Å². The van der Waals surface area contributed by atoms with Gasteiger partial charge in [-0.3, -0.25) is 9.97 Å². The van der Waals surface area contributed by atoms with E-state index in [0.29, 0.717) is 0 Å². The molecule has 0 aromatic carbocycles. The smallest absolute Gasteiger partial charge is 0.259 e. The molecule has 2 N–H and O–H groups in total. The fourth-order valence-electron chi connectivity index (χ4n) is 0.907. The molecule has 0 saturated carbocycles. The Kier molecular flexibility index (Phi) is 1.99. The minimum absolute atomic E-state index is 0.266. The van der Waals surface area contributed by atoms with Crippen LogP contribution in [0.5, 0.6) is 0 Å². The third-order valence-corrected chi connectivity index (χ3v) is 1.39. The van der Waals surface area contributed by atoms with Gasteiger partial charge in [-0.05, 0) is 13.8 Å². The summed E-state index contributed by atoms with van der Waals surface area (Å²) < 4.78 is 0.932. The number of hydrogen-bond donors (Lipinski definition) is 2. The molecule has 0 spiro atoms. The lowest BCUT2D eigenvalue weighted by Gasteiger charge is -2.04. The monoisotopic (exact) mass is 171 g/mol. The van der Waals surface area contributed by atoms with Gasteiger partial charge in [0.1, 0.15) is 0 Å². The number of nitrogens with zero attached hydrogens (tertiary/aromatic N) is 1. The summed E-state index contributed by atoms with van der Waals surface area (Å²) in [6.45, 7) is 3.35. The minimum Gasteiger partial charge on any atom is -0.259 e. The second kappa shape index (κ2) is 2.80. The number of rotatable bonds is 1. The fraction of sp³-hybridized carbons (Fsp3) is 0.500. The summed E-state index contributed by atoms with van der Waals surface area (Å²) in [7, 11) is 0. The molecule has 1 aromatic rings. The Balaban J connectivity index is 3.61. The van der Waals surface area contributed by atoms with Gasteiger partial charge in [-0.1, -0.05) is 0 Å². The van der Waals surface area contributed by atoms with Gasteiger partial charge in [-0.25, -0.2) is 19.0 Å². The van der Waals surface area contributed by atoms with Crippen LogP contribution in [0.15, 0.2) is 14.4 Å². The molecule has 0 atom stereocenters. The molecule has 0 aliphatic rings. The van der Waals surface area contributed by atoms with Crippen molar-refractivity contribution in [3.05, 3.63) is 31.5 Å². The summed E-state index contributed by atoms with van der Waals surface area (Å²) in [6, 6.07) is -0.266. The van der Waals surface area contributed by atoms with E-state index in [0.717, 1.165) is 4.57 Å². The Hall–Kier alpha value is -1.59. The first kappa shape index (κ1) is 8.51. The number of hydrogen-bond acceptors (Lipinski definition) is 3. The van der Waals surface area contributed by atoms with Crippen molar-refractivity contribution < 1.29 is 0 Å². The number of nitrogens with one attached hydrogen (secondary N) is 2. The van der Waals surface area contributed by atoms with Gasteiger partial charge in [-0.2, -0.15) is 0 Å². The zero-order valence-electron chi connectivity index (χ0n) is 6.75. The van der Waals surface area contributed by atoms with Crippen molar-refractivity contribution in [1.29, 1.82) is 0 Å². The summed E-state index contributed by atoms with van der Waals surface area (Å²) in [5.74, 6) is 0. The highest BCUT2D eigenvalue weighted by molar-refractivity contribution is 4.71. The fourth-order valence-corrected chi connectivity index (χ4v) is 0.907. The van der Waals surface area contributed by atoms with E-state index in [1.165, 1.54) is 0 Å². The molecule has 0 radical (unpaired) electrons. The molecule has 0 bridgehead atoms. The third-order valence-electron chi connectivity index (χ3n) is 1.39. The molecule has 0 aliphatic carbocycles. The zero-order valence-corrected chi connectivity index (χ0v) is 6.75. The molecule has 12 heavy (non-hydrogen) atoms. The van der Waals surface area contributed by atoms with Crippen molar-refractivity contribution in [2.45, 2.75) is 19.9 Å². The summed E-state index contributed by atoms with van der Waals surface area (Å²) in [6.07, 6.45) is 0. The first-order valence-electron chi connectivity index (χ1n) is 3.47. The highest BCUT2D eigenvalue weighted by atomic mass is 16.2. The van der Waals surface area contributed by atoms with Crippen LogP contribution >= 0.6 is 0 Å². The molecular formula is C6H9N3O3. The van der Waals surface area contributed by atoms with Crippen LogP contribution in [0.25, 0.3) is 0 Å². The quantitative estimate of drug-likeness (QED) is 0.556. The van der Waals surface area contributed by atoms with Crippen LogP contribution in [-0.2, 0) is 0 Å². The predicted molar refractivity (Wildman–Crippen MR) is 42.3 cm³/mol. The molecule has 6 heteroatoms. The maximum absolute atomic E-state index is 11.0. The van der Waals surface area contributed by atoms with E-state index in [4.69, 9.17) is 0 Å². The van der Waals surface area contributed by atoms with Crippen molar-refractivity contribution >= 4 is 0 Å². The van der Waals surface area contributed by atoms with E-state index in [2.05, 4.69) is 0 Å². The molecular weight excluding hydrogens is 162 g/mol. The van der Waals surface area contributed by atoms with E-state index in [9.17, 15) is 14.4 Å². The third kappa shape index (κ3) is 1.36. The van der Waals surface area contributed by atoms with Gasteiger partial charge in [0.25, 0.3) is 0 Å². The second-order valence-corrected chi connectivity index (χ2v) is 2.65. The molecule has 0 amide bonds. The van der Waals surface area contributed by atoms with Crippen LogP contribution in [0.1, 0.15) is 19.9 Å². The average molecular weight is 171 g/mol. The van der Waals surface area contributed by atoms with Gasteiger partial charge >= 0.3 is 17.1 Å². The van der Waals surface area contributed by atoms with Gasteiger partial charge in [0.2, 0.25) is 0 Å². The lowest BCUT2D eigenvalue weighted by atomic mass is 10.4. The Labute approximate surface area is 66.9 Å². The molecule has 1 heterocycles. The molecule has 6 nitrogen and oxygen atoms in total. The van der Waals surface area contributed by atoms with Crippen LogP contribution in [0.4, 0.5) is 0 Å². The van der Waals surface area contributed by atoms with Gasteiger partial charge in [0.15, 0.2) is 0 Å². The molecule has 66 valence electrons. The molecule has 0 unspecified atom stereocenters. The average Bonchev–Trinajstić information content (AvgIpc) is 1.82. The number of H-pyrrole nitrogens is 2. The van der Waals surface area contributed by atoms with E-state index in [-0.39, 0.29) is 6.04 Å². The first-order valence-corrected chi connectivity index (χ1v) is 3.47. The number of aromatic nitrogens is 3. The molecule has 0 aliphatic heterocycles. The lowest BCUT2D eigenvalue weighted by Crippen LogP contribution is -2.43. The number of aromatic amines is 2. The normalized spacial score (nSPS) is 10.6. The predicted octanol–water partition coefficient (Wildman–Crippen LogP) is -1.19. The Morgan fingerprint density at radius 3 is 1.83 bits per heavy atom. The van der Waals surface area contributed by atoms with Crippen molar-refractivity contribution in [1.82, 2.24) is 14.5 Å². The summed E-state index contributed by atoms with van der Waals surface area (Å²) in [5.41, 5.74) is -2.14. The minimum atomic E-state index is -0.776. The highest BCUT2D eigenvalue weighted by Gasteiger charge is 2.04. The van der Waals surface area contributed by atoms with Crippen LogP contribution in [0.2, 0.25) is 0 Å². The van der Waals surface area contributed by atoms with Gasteiger partial charge in [0.05, 0.1) is 0 Å². The second-order valence-electron chi connectivity index (χ2n) is 2.65. The van der Waals surface area contributed by atoms with Crippen molar-refractivity contribution in [3.63, 3.8) is 0 Å². The van der Waals surface area contributed by atoms with Crippen molar-refractivity contribution in [2.24, 2.45) is 0 Å². The van der Waals surface area contributed by atoms with E-state index >= 15 is 0 Å². The topological polar surface area (TPSA) is 87.7 Å². The van der Waals surface area contributed by atoms with E-state index in [1.54, 1.807) is 13.8 Å². The summed E-state index contributed by atoms with van der Waals surface area (Å²) in [4.78, 5) is 36.5. The van der Waals surface area contributed by atoms with E-state index in [1.807, 2.05) is 9.97 Å². The standard InChI is InChI=1S/C6H9N3O3/c1-3(2)9-5(11)7-4(10)8-6(9)12/h3H,1-2H3,(H2,7,8,10,11,12). The Bertz CT molecular complexity index is 402. The summed E-state index contributed by atoms with van der Waals surface area (Å²) >= 11 is 0. The zero-order chi connectivity index (χ0) is 9.30.